The molecule has 0 N–H and O–H groups in total. The van der Waals surface area contributed by atoms with E-state index in [0.29, 0.717) is 19.3 Å². The van der Waals surface area contributed by atoms with Crippen LogP contribution >= 0.6 is 0 Å². The van der Waals surface area contributed by atoms with Gasteiger partial charge in [0.2, 0.25) is 5.91 Å². The normalized spacial score (nSPS) is 9.64. The Hall–Kier alpha value is -1.06. The van der Waals surface area contributed by atoms with Gasteiger partial charge >= 0.3 is 5.97 Å². The molecule has 0 aliphatic heterocycles. The van der Waals surface area contributed by atoms with Crippen molar-refractivity contribution in [3.8, 4) is 0 Å². The zero-order valence-electron chi connectivity index (χ0n) is 9.21. The molecule has 0 spiro atoms. The number of carbonyl (C=O) groups excluding carboxylic acids is 2. The fourth-order valence-corrected chi connectivity index (χ4v) is 1.14. The average molecular weight is 201 g/mol. The van der Waals surface area contributed by atoms with Gasteiger partial charge in [-0.3, -0.25) is 9.59 Å². The predicted octanol–water partition coefficient (Wildman–Crippen LogP) is 1.20. The minimum Gasteiger partial charge on any atom is -0.469 e. The summed E-state index contributed by atoms with van der Waals surface area (Å²) in [7, 11) is 3.14. The van der Waals surface area contributed by atoms with Gasteiger partial charge in [-0.2, -0.15) is 0 Å². The number of hydrogen-bond acceptors (Lipinski definition) is 3. The molecule has 0 aromatic rings. The number of hydrogen-bond donors (Lipinski definition) is 0. The minimum absolute atomic E-state index is 0.0933. The molecule has 0 aliphatic carbocycles. The van der Waals surface area contributed by atoms with E-state index in [-0.39, 0.29) is 11.9 Å². The molecule has 0 saturated heterocycles. The Labute approximate surface area is 85.2 Å². The second kappa shape index (κ2) is 7.35. The Morgan fingerprint density at radius 2 is 1.93 bits per heavy atom. The third-order valence-electron chi connectivity index (χ3n) is 1.98. The second-order valence-electron chi connectivity index (χ2n) is 3.24. The summed E-state index contributed by atoms with van der Waals surface area (Å²) in [6.45, 7) is 2.80. The van der Waals surface area contributed by atoms with Gasteiger partial charge in [0.15, 0.2) is 0 Å². The minimum atomic E-state index is -0.254. The molecule has 0 bridgehead atoms. The van der Waals surface area contributed by atoms with E-state index in [2.05, 4.69) is 4.74 Å². The van der Waals surface area contributed by atoms with Crippen molar-refractivity contribution in [3.05, 3.63) is 0 Å². The fraction of sp³-hybridized carbons (Fsp3) is 0.800. The van der Waals surface area contributed by atoms with Gasteiger partial charge in [-0.25, -0.2) is 0 Å². The Morgan fingerprint density at radius 3 is 2.43 bits per heavy atom. The largest absolute Gasteiger partial charge is 0.469 e. The quantitative estimate of drug-likeness (QED) is 0.607. The molecule has 0 saturated carbocycles. The van der Waals surface area contributed by atoms with Crippen molar-refractivity contribution in [2.24, 2.45) is 0 Å². The lowest BCUT2D eigenvalue weighted by Gasteiger charge is -2.15. The number of amides is 1. The van der Waals surface area contributed by atoms with E-state index in [9.17, 15) is 9.59 Å². The van der Waals surface area contributed by atoms with Crippen LogP contribution in [0.5, 0.6) is 0 Å². The van der Waals surface area contributed by atoms with Crippen LogP contribution in [0.25, 0.3) is 0 Å². The van der Waals surface area contributed by atoms with Crippen molar-refractivity contribution in [1.82, 2.24) is 4.90 Å². The summed E-state index contributed by atoms with van der Waals surface area (Å²) in [4.78, 5) is 23.8. The third-order valence-corrected chi connectivity index (χ3v) is 1.98. The Balaban J connectivity index is 3.58. The maximum atomic E-state index is 11.4. The first-order valence-corrected chi connectivity index (χ1v) is 4.92. The van der Waals surface area contributed by atoms with Crippen LogP contribution in [0.15, 0.2) is 0 Å². The van der Waals surface area contributed by atoms with Gasteiger partial charge in [-0.05, 0) is 12.8 Å². The fourth-order valence-electron chi connectivity index (χ4n) is 1.14. The first-order chi connectivity index (χ1) is 6.61. The molecule has 0 aliphatic rings. The molecule has 4 nitrogen and oxygen atoms in total. The lowest BCUT2D eigenvalue weighted by Crippen LogP contribution is -2.27. The summed E-state index contributed by atoms with van der Waals surface area (Å²) in [5.74, 6) is -0.160. The maximum Gasteiger partial charge on any atom is 0.305 e. The smallest absolute Gasteiger partial charge is 0.305 e. The van der Waals surface area contributed by atoms with E-state index >= 15 is 0 Å². The van der Waals surface area contributed by atoms with E-state index < -0.39 is 0 Å². The molecule has 0 fully saturated rings. The Morgan fingerprint density at radius 1 is 1.29 bits per heavy atom. The topological polar surface area (TPSA) is 46.6 Å². The summed E-state index contributed by atoms with van der Waals surface area (Å²) in [6, 6.07) is 0. The lowest BCUT2D eigenvalue weighted by molar-refractivity contribution is -0.140. The van der Waals surface area contributed by atoms with Gasteiger partial charge in [0.1, 0.15) is 0 Å². The maximum absolute atomic E-state index is 11.4. The molecule has 0 unspecified atom stereocenters. The number of ether oxygens (including phenoxy) is 1. The summed E-state index contributed by atoms with van der Waals surface area (Å²) in [5.41, 5.74) is 0. The molecule has 0 atom stereocenters. The van der Waals surface area contributed by atoms with Gasteiger partial charge in [-0.1, -0.05) is 6.92 Å². The molecule has 0 radical (unpaired) electrons. The van der Waals surface area contributed by atoms with E-state index in [0.717, 1.165) is 13.0 Å². The van der Waals surface area contributed by atoms with Crippen molar-refractivity contribution in [2.45, 2.75) is 32.6 Å². The molecule has 0 aromatic heterocycles. The molecule has 0 heterocycles. The monoisotopic (exact) mass is 201 g/mol. The number of methoxy groups -OCH3 is 1. The summed E-state index contributed by atoms with van der Waals surface area (Å²) in [5, 5.41) is 0. The van der Waals surface area contributed by atoms with E-state index in [4.69, 9.17) is 0 Å². The van der Waals surface area contributed by atoms with Crippen LogP contribution in [0.2, 0.25) is 0 Å². The SMILES string of the molecule is CCCN(C)C(=O)CCCC(=O)OC. The second-order valence-corrected chi connectivity index (χ2v) is 3.24. The van der Waals surface area contributed by atoms with Crippen LogP contribution in [-0.2, 0) is 14.3 Å². The van der Waals surface area contributed by atoms with Gasteiger partial charge < -0.3 is 9.64 Å². The molecule has 14 heavy (non-hydrogen) atoms. The summed E-state index contributed by atoms with van der Waals surface area (Å²) in [6.07, 6.45) is 2.27. The van der Waals surface area contributed by atoms with Crippen LogP contribution in [-0.4, -0.2) is 37.5 Å². The number of nitrogens with zero attached hydrogens (tertiary/aromatic N) is 1. The number of carbonyl (C=O) groups is 2. The van der Waals surface area contributed by atoms with Crippen molar-refractivity contribution in [1.29, 1.82) is 0 Å². The zero-order valence-corrected chi connectivity index (χ0v) is 9.21. The summed E-state index contributed by atoms with van der Waals surface area (Å²) >= 11 is 0. The van der Waals surface area contributed by atoms with E-state index in [1.165, 1.54) is 7.11 Å². The molecule has 0 aromatic carbocycles. The highest BCUT2D eigenvalue weighted by Crippen LogP contribution is 2.01. The van der Waals surface area contributed by atoms with Crippen LogP contribution in [0.3, 0.4) is 0 Å². The van der Waals surface area contributed by atoms with Crippen LogP contribution in [0.1, 0.15) is 32.6 Å². The van der Waals surface area contributed by atoms with Gasteiger partial charge in [-0.15, -0.1) is 0 Å². The molecular formula is C10H19NO3. The Bertz CT molecular complexity index is 192. The number of rotatable bonds is 6. The summed E-state index contributed by atoms with van der Waals surface area (Å²) < 4.78 is 4.48. The third kappa shape index (κ3) is 5.56. The van der Waals surface area contributed by atoms with Crippen molar-refractivity contribution >= 4 is 11.9 Å². The Kier molecular flexibility index (Phi) is 6.80. The highest BCUT2D eigenvalue weighted by atomic mass is 16.5. The first-order valence-electron chi connectivity index (χ1n) is 4.92. The highest BCUT2D eigenvalue weighted by Gasteiger charge is 2.08. The highest BCUT2D eigenvalue weighted by molar-refractivity contribution is 5.76. The van der Waals surface area contributed by atoms with Crippen LogP contribution < -0.4 is 0 Å². The molecule has 1 amide bonds. The molecule has 0 rings (SSSR count). The van der Waals surface area contributed by atoms with Gasteiger partial charge in [0.25, 0.3) is 0 Å². The van der Waals surface area contributed by atoms with Crippen molar-refractivity contribution < 1.29 is 14.3 Å². The van der Waals surface area contributed by atoms with Gasteiger partial charge in [0, 0.05) is 26.4 Å². The molecule has 82 valence electrons. The molecular weight excluding hydrogens is 182 g/mol. The molecule has 4 heteroatoms. The van der Waals surface area contributed by atoms with Crippen LogP contribution in [0.4, 0.5) is 0 Å². The first kappa shape index (κ1) is 12.9. The van der Waals surface area contributed by atoms with E-state index in [1.54, 1.807) is 11.9 Å². The van der Waals surface area contributed by atoms with Crippen molar-refractivity contribution in [2.75, 3.05) is 20.7 Å². The number of esters is 1. The standard InChI is InChI=1S/C10H19NO3/c1-4-8-11(2)9(12)6-5-7-10(13)14-3/h4-8H2,1-3H3. The van der Waals surface area contributed by atoms with Gasteiger partial charge in [0.05, 0.1) is 7.11 Å². The van der Waals surface area contributed by atoms with E-state index in [1.807, 2.05) is 6.92 Å². The van der Waals surface area contributed by atoms with Crippen molar-refractivity contribution in [3.63, 3.8) is 0 Å². The van der Waals surface area contributed by atoms with Crippen LogP contribution in [0, 0.1) is 0 Å². The lowest BCUT2D eigenvalue weighted by atomic mass is 10.2. The zero-order chi connectivity index (χ0) is 11.0. The predicted molar refractivity (Wildman–Crippen MR) is 53.8 cm³/mol. The average Bonchev–Trinajstić information content (AvgIpc) is 2.17.